The summed E-state index contributed by atoms with van der Waals surface area (Å²) in [7, 11) is -3.45. The highest BCUT2D eigenvalue weighted by atomic mass is 32.2. The van der Waals surface area contributed by atoms with Crippen LogP contribution in [0.5, 0.6) is 0 Å². The molecular weight excluding hydrogens is 379 g/mol. The Hall–Kier alpha value is -2.41. The van der Waals surface area contributed by atoms with E-state index in [4.69, 9.17) is 0 Å². The number of aryl methyl sites for hydroxylation is 2. The molecule has 28 heavy (non-hydrogen) atoms. The first-order valence-corrected chi connectivity index (χ1v) is 11.0. The number of amides is 1. The van der Waals surface area contributed by atoms with Gasteiger partial charge in [0.25, 0.3) is 0 Å². The van der Waals surface area contributed by atoms with Gasteiger partial charge in [-0.25, -0.2) is 12.8 Å². The fraction of sp³-hybridized carbons (Fsp3) is 0.381. The van der Waals surface area contributed by atoms with Crippen molar-refractivity contribution in [2.45, 2.75) is 39.7 Å². The van der Waals surface area contributed by atoms with Crippen molar-refractivity contribution in [2.75, 3.05) is 17.1 Å². The number of nitrogens with one attached hydrogen (secondary N) is 1. The molecule has 1 N–H and O–H groups in total. The molecule has 7 heteroatoms. The number of hydrogen-bond donors (Lipinski definition) is 1. The summed E-state index contributed by atoms with van der Waals surface area (Å²) in [5, 5.41) is 2.86. The zero-order chi connectivity index (χ0) is 20.9. The van der Waals surface area contributed by atoms with Crippen molar-refractivity contribution in [1.29, 1.82) is 0 Å². The van der Waals surface area contributed by atoms with Gasteiger partial charge in [0.15, 0.2) is 0 Å². The molecule has 0 saturated heterocycles. The van der Waals surface area contributed by atoms with Crippen LogP contribution >= 0.6 is 0 Å². The maximum Gasteiger partial charge on any atom is 0.232 e. The van der Waals surface area contributed by atoms with E-state index in [1.54, 1.807) is 18.2 Å². The Bertz CT molecular complexity index is 927. The number of halogens is 1. The third-order valence-corrected chi connectivity index (χ3v) is 5.89. The number of carbonyl (C=O) groups excluding carboxylic acids is 1. The normalized spacial score (nSPS) is 12.5. The highest BCUT2D eigenvalue weighted by Gasteiger charge is 2.18. The third-order valence-electron chi connectivity index (χ3n) is 4.69. The average Bonchev–Trinajstić information content (AvgIpc) is 2.60. The second-order valence-corrected chi connectivity index (χ2v) is 8.95. The van der Waals surface area contributed by atoms with Crippen LogP contribution in [0, 0.1) is 19.7 Å². The van der Waals surface area contributed by atoms with Gasteiger partial charge in [-0.05, 0) is 68.1 Å². The Kier molecular flexibility index (Phi) is 7.18. The maximum atomic E-state index is 13.0. The number of sulfonamides is 1. The topological polar surface area (TPSA) is 66.5 Å². The summed E-state index contributed by atoms with van der Waals surface area (Å²) >= 11 is 0. The smallest absolute Gasteiger partial charge is 0.232 e. The van der Waals surface area contributed by atoms with Gasteiger partial charge < -0.3 is 5.32 Å². The average molecular weight is 407 g/mol. The molecule has 0 fully saturated rings. The third kappa shape index (κ3) is 6.05. The van der Waals surface area contributed by atoms with E-state index in [0.29, 0.717) is 12.1 Å². The first-order chi connectivity index (χ1) is 13.1. The molecule has 0 aromatic heterocycles. The molecule has 0 radical (unpaired) electrons. The molecule has 0 aliphatic heterocycles. The zero-order valence-electron chi connectivity index (χ0n) is 16.7. The van der Waals surface area contributed by atoms with Crippen molar-refractivity contribution < 1.29 is 17.6 Å². The first-order valence-electron chi connectivity index (χ1n) is 9.17. The highest BCUT2D eigenvalue weighted by Crippen LogP contribution is 2.22. The summed E-state index contributed by atoms with van der Waals surface area (Å²) in [4.78, 5) is 12.2. The van der Waals surface area contributed by atoms with Crippen LogP contribution in [0.4, 0.5) is 10.1 Å². The lowest BCUT2D eigenvalue weighted by molar-refractivity contribution is -0.121. The van der Waals surface area contributed by atoms with Gasteiger partial charge in [0.2, 0.25) is 15.9 Å². The molecule has 0 heterocycles. The van der Waals surface area contributed by atoms with Crippen LogP contribution in [-0.2, 0) is 14.8 Å². The van der Waals surface area contributed by atoms with Gasteiger partial charge in [-0.3, -0.25) is 9.10 Å². The number of anilines is 1. The lowest BCUT2D eigenvalue weighted by atomic mass is 10.1. The minimum atomic E-state index is -3.45. The van der Waals surface area contributed by atoms with Gasteiger partial charge in [0, 0.05) is 13.0 Å². The van der Waals surface area contributed by atoms with E-state index in [1.165, 1.54) is 22.7 Å². The van der Waals surface area contributed by atoms with E-state index < -0.39 is 10.0 Å². The van der Waals surface area contributed by atoms with Crippen molar-refractivity contribution >= 4 is 21.6 Å². The van der Waals surface area contributed by atoms with Crippen molar-refractivity contribution in [3.63, 3.8) is 0 Å². The molecule has 5 nitrogen and oxygen atoms in total. The summed E-state index contributed by atoms with van der Waals surface area (Å²) in [6.45, 7) is 5.95. The summed E-state index contributed by atoms with van der Waals surface area (Å²) < 4.78 is 38.7. The van der Waals surface area contributed by atoms with E-state index in [2.05, 4.69) is 5.32 Å². The SMILES string of the molecule is Cc1ccc(N(CCCC(=O)NC(C)c2ccc(F)cc2)S(C)(=O)=O)cc1C. The number of rotatable bonds is 8. The van der Waals surface area contributed by atoms with Crippen LogP contribution < -0.4 is 9.62 Å². The van der Waals surface area contributed by atoms with Gasteiger partial charge >= 0.3 is 0 Å². The Labute approximate surface area is 166 Å². The molecular formula is C21H27FN2O3S. The first kappa shape index (κ1) is 21.9. The standard InChI is InChI=1S/C21H27FN2O3S/c1-15-7-12-20(14-16(15)2)24(28(4,26)27)13-5-6-21(25)23-17(3)18-8-10-19(22)11-9-18/h7-12,14,17H,5-6,13H2,1-4H3,(H,23,25). The molecule has 0 bridgehead atoms. The molecule has 2 rings (SSSR count). The Morgan fingerprint density at radius 1 is 1.11 bits per heavy atom. The van der Waals surface area contributed by atoms with Crippen LogP contribution in [0.2, 0.25) is 0 Å². The number of nitrogens with zero attached hydrogens (tertiary/aromatic N) is 1. The van der Waals surface area contributed by atoms with Crippen LogP contribution in [0.3, 0.4) is 0 Å². The lowest BCUT2D eigenvalue weighted by Crippen LogP contribution is -2.32. The summed E-state index contributed by atoms with van der Waals surface area (Å²) in [6, 6.07) is 11.2. The Balaban J connectivity index is 1.95. The van der Waals surface area contributed by atoms with E-state index in [0.717, 1.165) is 16.7 Å². The molecule has 2 aromatic rings. The van der Waals surface area contributed by atoms with Gasteiger partial charge in [-0.1, -0.05) is 18.2 Å². The number of benzene rings is 2. The summed E-state index contributed by atoms with van der Waals surface area (Å²) in [5.74, 6) is -0.500. The second-order valence-electron chi connectivity index (χ2n) is 7.05. The molecule has 2 aromatic carbocycles. The van der Waals surface area contributed by atoms with Gasteiger partial charge in [-0.2, -0.15) is 0 Å². The molecule has 0 saturated carbocycles. The van der Waals surface area contributed by atoms with Crippen molar-refractivity contribution in [3.8, 4) is 0 Å². The second kappa shape index (κ2) is 9.19. The molecule has 152 valence electrons. The predicted molar refractivity (Wildman–Crippen MR) is 110 cm³/mol. The number of carbonyl (C=O) groups is 1. The van der Waals surface area contributed by atoms with E-state index in [-0.39, 0.29) is 30.7 Å². The van der Waals surface area contributed by atoms with E-state index >= 15 is 0 Å². The lowest BCUT2D eigenvalue weighted by Gasteiger charge is -2.23. The quantitative estimate of drug-likeness (QED) is 0.724. The Morgan fingerprint density at radius 3 is 2.32 bits per heavy atom. The molecule has 0 aliphatic rings. The highest BCUT2D eigenvalue weighted by molar-refractivity contribution is 7.92. The van der Waals surface area contributed by atoms with Gasteiger partial charge in [-0.15, -0.1) is 0 Å². The molecule has 0 aliphatic carbocycles. The predicted octanol–water partition coefficient (Wildman–Crippen LogP) is 3.87. The van der Waals surface area contributed by atoms with E-state index in [1.807, 2.05) is 32.9 Å². The van der Waals surface area contributed by atoms with Crippen LogP contribution in [0.25, 0.3) is 0 Å². The molecule has 0 spiro atoms. The molecule has 1 unspecified atom stereocenters. The fourth-order valence-corrected chi connectivity index (χ4v) is 3.86. The van der Waals surface area contributed by atoms with E-state index in [9.17, 15) is 17.6 Å². The minimum Gasteiger partial charge on any atom is -0.350 e. The fourth-order valence-electron chi connectivity index (χ4n) is 2.90. The van der Waals surface area contributed by atoms with Crippen LogP contribution in [-0.4, -0.2) is 27.1 Å². The maximum absolute atomic E-state index is 13.0. The Morgan fingerprint density at radius 2 is 1.75 bits per heavy atom. The van der Waals surface area contributed by atoms with Crippen molar-refractivity contribution in [1.82, 2.24) is 5.32 Å². The minimum absolute atomic E-state index is 0.176. The monoisotopic (exact) mass is 406 g/mol. The summed E-state index contributed by atoms with van der Waals surface area (Å²) in [5.41, 5.74) is 3.51. The van der Waals surface area contributed by atoms with Crippen LogP contribution in [0.1, 0.15) is 42.5 Å². The molecule has 1 atom stereocenters. The van der Waals surface area contributed by atoms with Crippen LogP contribution in [0.15, 0.2) is 42.5 Å². The molecule has 1 amide bonds. The van der Waals surface area contributed by atoms with Crippen molar-refractivity contribution in [3.05, 3.63) is 65.0 Å². The van der Waals surface area contributed by atoms with Crippen molar-refractivity contribution in [2.24, 2.45) is 0 Å². The van der Waals surface area contributed by atoms with Gasteiger partial charge in [0.05, 0.1) is 18.0 Å². The zero-order valence-corrected chi connectivity index (χ0v) is 17.5. The largest absolute Gasteiger partial charge is 0.350 e. The number of hydrogen-bond acceptors (Lipinski definition) is 3. The summed E-state index contributed by atoms with van der Waals surface area (Å²) in [6.07, 6.45) is 1.75. The van der Waals surface area contributed by atoms with Gasteiger partial charge in [0.1, 0.15) is 5.82 Å².